The second-order valence-electron chi connectivity index (χ2n) is 5.60. The molecule has 2 unspecified atom stereocenters. The summed E-state index contributed by atoms with van der Waals surface area (Å²) in [5.74, 6) is 0.633. The Morgan fingerprint density at radius 1 is 1.29 bits per heavy atom. The Balaban J connectivity index is 2.28. The van der Waals surface area contributed by atoms with Gasteiger partial charge in [0.1, 0.15) is 17.3 Å². The number of rotatable bonds is 4. The van der Waals surface area contributed by atoms with Crippen LogP contribution in [0, 0.1) is 0 Å². The number of nitrogens with zero attached hydrogens (tertiary/aromatic N) is 1. The van der Waals surface area contributed by atoms with E-state index in [1.54, 1.807) is 18.9 Å². The molecule has 21 heavy (non-hydrogen) atoms. The molecule has 5 nitrogen and oxygen atoms in total. The number of carbonyl (C=O) groups excluding carboxylic acids is 2. The second kappa shape index (κ2) is 5.76. The highest BCUT2D eigenvalue weighted by Crippen LogP contribution is 2.27. The summed E-state index contributed by atoms with van der Waals surface area (Å²) >= 11 is 0. The number of amides is 2. The zero-order chi connectivity index (χ0) is 15.6. The highest BCUT2D eigenvalue weighted by atomic mass is 16.5. The first-order valence-electron chi connectivity index (χ1n) is 7.17. The normalized spacial score (nSPS) is 25.7. The van der Waals surface area contributed by atoms with E-state index in [4.69, 9.17) is 4.74 Å². The van der Waals surface area contributed by atoms with Gasteiger partial charge in [0.25, 0.3) is 0 Å². The SMILES string of the molecule is CCC1(C)C(=O)NC(C)C(=O)N1Cc1ccc(OC)cc1. The van der Waals surface area contributed by atoms with Crippen LogP contribution in [0.5, 0.6) is 5.75 Å². The van der Waals surface area contributed by atoms with Gasteiger partial charge in [0.15, 0.2) is 0 Å². The molecule has 1 aromatic rings. The maximum absolute atomic E-state index is 12.5. The van der Waals surface area contributed by atoms with E-state index in [2.05, 4.69) is 5.32 Å². The van der Waals surface area contributed by atoms with Crippen molar-refractivity contribution in [2.75, 3.05) is 7.11 Å². The number of hydrogen-bond donors (Lipinski definition) is 1. The van der Waals surface area contributed by atoms with Gasteiger partial charge in [-0.15, -0.1) is 0 Å². The van der Waals surface area contributed by atoms with Crippen LogP contribution >= 0.6 is 0 Å². The fourth-order valence-electron chi connectivity index (χ4n) is 2.53. The smallest absolute Gasteiger partial charge is 0.246 e. The van der Waals surface area contributed by atoms with Crippen LogP contribution in [0.25, 0.3) is 0 Å². The number of ether oxygens (including phenoxy) is 1. The Hall–Kier alpha value is -2.04. The van der Waals surface area contributed by atoms with E-state index >= 15 is 0 Å². The number of nitrogens with one attached hydrogen (secondary N) is 1. The molecule has 5 heteroatoms. The van der Waals surface area contributed by atoms with Crippen LogP contribution in [0.15, 0.2) is 24.3 Å². The number of benzene rings is 1. The molecule has 0 spiro atoms. The van der Waals surface area contributed by atoms with Crippen molar-refractivity contribution in [3.05, 3.63) is 29.8 Å². The van der Waals surface area contributed by atoms with Crippen LogP contribution in [0.1, 0.15) is 32.8 Å². The molecule has 1 fully saturated rings. The predicted molar refractivity (Wildman–Crippen MR) is 79.8 cm³/mol. The number of hydrogen-bond acceptors (Lipinski definition) is 3. The lowest BCUT2D eigenvalue weighted by Gasteiger charge is -2.45. The molecule has 2 amide bonds. The van der Waals surface area contributed by atoms with Gasteiger partial charge >= 0.3 is 0 Å². The van der Waals surface area contributed by atoms with E-state index in [0.29, 0.717) is 13.0 Å². The van der Waals surface area contributed by atoms with Crippen molar-refractivity contribution in [2.24, 2.45) is 0 Å². The Morgan fingerprint density at radius 2 is 1.90 bits per heavy atom. The van der Waals surface area contributed by atoms with E-state index in [9.17, 15) is 9.59 Å². The first-order valence-corrected chi connectivity index (χ1v) is 7.17. The Bertz CT molecular complexity index is 541. The van der Waals surface area contributed by atoms with Gasteiger partial charge in [-0.1, -0.05) is 19.1 Å². The summed E-state index contributed by atoms with van der Waals surface area (Å²) in [6.07, 6.45) is 0.577. The number of carbonyl (C=O) groups is 2. The van der Waals surface area contributed by atoms with Gasteiger partial charge in [-0.2, -0.15) is 0 Å². The maximum Gasteiger partial charge on any atom is 0.246 e. The Labute approximate surface area is 125 Å². The summed E-state index contributed by atoms with van der Waals surface area (Å²) in [5.41, 5.74) is 0.175. The van der Waals surface area contributed by atoms with Crippen LogP contribution in [0.3, 0.4) is 0 Å². The van der Waals surface area contributed by atoms with Crippen molar-refractivity contribution in [3.8, 4) is 5.75 Å². The molecule has 2 rings (SSSR count). The van der Waals surface area contributed by atoms with Gasteiger partial charge in [-0.25, -0.2) is 0 Å². The third-order valence-electron chi connectivity index (χ3n) is 4.26. The van der Waals surface area contributed by atoms with Gasteiger partial charge in [0.2, 0.25) is 11.8 Å². The summed E-state index contributed by atoms with van der Waals surface area (Å²) in [5, 5.41) is 2.75. The minimum Gasteiger partial charge on any atom is -0.497 e. The topological polar surface area (TPSA) is 58.6 Å². The largest absolute Gasteiger partial charge is 0.497 e. The molecule has 2 atom stereocenters. The average molecular weight is 290 g/mol. The van der Waals surface area contributed by atoms with Gasteiger partial charge in [0, 0.05) is 6.54 Å². The zero-order valence-corrected chi connectivity index (χ0v) is 13.0. The van der Waals surface area contributed by atoms with Crippen LogP contribution in [0.4, 0.5) is 0 Å². The van der Waals surface area contributed by atoms with E-state index in [-0.39, 0.29) is 11.8 Å². The van der Waals surface area contributed by atoms with E-state index in [1.165, 1.54) is 0 Å². The van der Waals surface area contributed by atoms with E-state index in [0.717, 1.165) is 11.3 Å². The summed E-state index contributed by atoms with van der Waals surface area (Å²) in [7, 11) is 1.61. The highest BCUT2D eigenvalue weighted by molar-refractivity contribution is 5.99. The minimum absolute atomic E-state index is 0.0465. The number of piperazine rings is 1. The van der Waals surface area contributed by atoms with E-state index in [1.807, 2.05) is 38.1 Å². The van der Waals surface area contributed by atoms with Gasteiger partial charge in [0.05, 0.1) is 7.11 Å². The third-order valence-corrected chi connectivity index (χ3v) is 4.26. The van der Waals surface area contributed by atoms with Gasteiger partial charge < -0.3 is 15.0 Å². The molecule has 1 aliphatic heterocycles. The average Bonchev–Trinajstić information content (AvgIpc) is 2.50. The zero-order valence-electron chi connectivity index (χ0n) is 13.0. The van der Waals surface area contributed by atoms with Crippen LogP contribution in [0.2, 0.25) is 0 Å². The fourth-order valence-corrected chi connectivity index (χ4v) is 2.53. The third kappa shape index (κ3) is 2.73. The quantitative estimate of drug-likeness (QED) is 0.918. The van der Waals surface area contributed by atoms with Crippen molar-refractivity contribution in [1.29, 1.82) is 0 Å². The molecule has 0 saturated carbocycles. The molecule has 1 aromatic carbocycles. The van der Waals surface area contributed by atoms with Crippen molar-refractivity contribution < 1.29 is 14.3 Å². The molecule has 0 radical (unpaired) electrons. The summed E-state index contributed by atoms with van der Waals surface area (Å²) < 4.78 is 5.13. The Morgan fingerprint density at radius 3 is 2.43 bits per heavy atom. The van der Waals surface area contributed by atoms with E-state index < -0.39 is 11.6 Å². The molecule has 1 N–H and O–H groups in total. The molecule has 114 valence electrons. The molecule has 1 saturated heterocycles. The number of methoxy groups -OCH3 is 1. The molecule has 0 bridgehead atoms. The lowest BCUT2D eigenvalue weighted by molar-refractivity contribution is -0.157. The van der Waals surface area contributed by atoms with Crippen molar-refractivity contribution in [1.82, 2.24) is 10.2 Å². The lowest BCUT2D eigenvalue weighted by atomic mass is 9.90. The lowest BCUT2D eigenvalue weighted by Crippen LogP contribution is -2.68. The second-order valence-corrected chi connectivity index (χ2v) is 5.60. The molecule has 0 aromatic heterocycles. The monoisotopic (exact) mass is 290 g/mol. The standard InChI is InChI=1S/C16H22N2O3/c1-5-16(3)15(20)17-11(2)14(19)18(16)10-12-6-8-13(21-4)9-7-12/h6-9,11H,5,10H2,1-4H3,(H,17,20). The minimum atomic E-state index is -0.802. The first kappa shape index (κ1) is 15.4. The maximum atomic E-state index is 12.5. The molecule has 1 heterocycles. The van der Waals surface area contributed by atoms with Crippen LogP contribution in [-0.2, 0) is 16.1 Å². The van der Waals surface area contributed by atoms with Crippen molar-refractivity contribution in [3.63, 3.8) is 0 Å². The molecular weight excluding hydrogens is 268 g/mol. The molecule has 1 aliphatic rings. The van der Waals surface area contributed by atoms with Crippen LogP contribution < -0.4 is 10.1 Å². The highest BCUT2D eigenvalue weighted by Gasteiger charge is 2.46. The van der Waals surface area contributed by atoms with Gasteiger partial charge in [-0.3, -0.25) is 9.59 Å². The fraction of sp³-hybridized carbons (Fsp3) is 0.500. The predicted octanol–water partition coefficient (Wildman–Crippen LogP) is 1.71. The summed E-state index contributed by atoms with van der Waals surface area (Å²) in [4.78, 5) is 26.4. The summed E-state index contributed by atoms with van der Waals surface area (Å²) in [6, 6.07) is 7.07. The Kier molecular flexibility index (Phi) is 4.21. The van der Waals surface area contributed by atoms with Crippen molar-refractivity contribution >= 4 is 11.8 Å². The van der Waals surface area contributed by atoms with Gasteiger partial charge in [-0.05, 0) is 38.0 Å². The summed E-state index contributed by atoms with van der Waals surface area (Å²) in [6.45, 7) is 5.88. The first-order chi connectivity index (χ1) is 9.92. The van der Waals surface area contributed by atoms with Crippen LogP contribution in [-0.4, -0.2) is 35.4 Å². The molecule has 0 aliphatic carbocycles. The van der Waals surface area contributed by atoms with Crippen molar-refractivity contribution in [2.45, 2.75) is 45.3 Å². The molecular formula is C16H22N2O3.